The van der Waals surface area contributed by atoms with Gasteiger partial charge in [-0.15, -0.1) is 16.4 Å². The molecule has 0 amide bonds. The first kappa shape index (κ1) is 17.7. The molecule has 1 aliphatic carbocycles. The highest BCUT2D eigenvalue weighted by Crippen LogP contribution is 2.41. The van der Waals surface area contributed by atoms with E-state index in [0.29, 0.717) is 6.42 Å². The Bertz CT molecular complexity index is 1070. The van der Waals surface area contributed by atoms with Crippen molar-refractivity contribution < 1.29 is 4.79 Å². The van der Waals surface area contributed by atoms with Crippen LogP contribution in [0.25, 0.3) is 0 Å². The van der Waals surface area contributed by atoms with Gasteiger partial charge in [0.1, 0.15) is 6.04 Å². The Balaban J connectivity index is 1.48. The van der Waals surface area contributed by atoms with Gasteiger partial charge in [-0.2, -0.15) is 4.98 Å². The van der Waals surface area contributed by atoms with Crippen LogP contribution < -0.4 is 5.32 Å². The molecule has 0 fully saturated rings. The fourth-order valence-corrected chi connectivity index (χ4v) is 5.45. The van der Waals surface area contributed by atoms with Gasteiger partial charge in [-0.05, 0) is 36.8 Å². The van der Waals surface area contributed by atoms with Crippen molar-refractivity contribution in [2.24, 2.45) is 0 Å². The molecule has 5 nitrogen and oxygen atoms in total. The van der Waals surface area contributed by atoms with Crippen LogP contribution in [0.2, 0.25) is 0 Å². The summed E-state index contributed by atoms with van der Waals surface area (Å²) in [5.74, 6) is 1.78. The van der Waals surface area contributed by atoms with Crippen molar-refractivity contribution >= 4 is 34.8 Å². The molecule has 1 aromatic carbocycles. The SMILES string of the molecule is Cc1cccc(CSc2nc3n(n2)[C@@H](c2cccs2)C2=C(CCCC2=O)N3)c1. The molecule has 5 rings (SSSR count). The number of hydrogen-bond donors (Lipinski definition) is 1. The summed E-state index contributed by atoms with van der Waals surface area (Å²) in [7, 11) is 0. The zero-order valence-corrected chi connectivity index (χ0v) is 17.1. The number of anilines is 1. The summed E-state index contributed by atoms with van der Waals surface area (Å²) in [6, 6.07) is 12.4. The summed E-state index contributed by atoms with van der Waals surface area (Å²) in [5, 5.41) is 11.0. The third kappa shape index (κ3) is 3.18. The third-order valence-electron chi connectivity index (χ3n) is 5.11. The Morgan fingerprint density at radius 1 is 1.29 bits per heavy atom. The number of nitrogens with one attached hydrogen (secondary N) is 1. The topological polar surface area (TPSA) is 59.8 Å². The molecule has 1 N–H and O–H groups in total. The molecule has 0 unspecified atom stereocenters. The van der Waals surface area contributed by atoms with Crippen LogP contribution in [0.15, 0.2) is 58.2 Å². The number of aromatic nitrogens is 3. The zero-order chi connectivity index (χ0) is 19.1. The molecule has 0 radical (unpaired) electrons. The van der Waals surface area contributed by atoms with Crippen LogP contribution in [0.1, 0.15) is 41.3 Å². The monoisotopic (exact) mass is 408 g/mol. The van der Waals surface area contributed by atoms with E-state index in [2.05, 4.69) is 48.0 Å². The molecule has 2 aliphatic rings. The van der Waals surface area contributed by atoms with Crippen LogP contribution in [0.5, 0.6) is 0 Å². The van der Waals surface area contributed by atoms with Crippen molar-refractivity contribution in [3.05, 3.63) is 69.1 Å². The second kappa shape index (κ2) is 7.22. The first-order valence-corrected chi connectivity index (χ1v) is 11.3. The number of allylic oxidation sites excluding steroid dienone is 2. The predicted octanol–water partition coefficient (Wildman–Crippen LogP) is 4.96. The molecule has 3 aromatic rings. The molecule has 2 aromatic heterocycles. The molecule has 0 saturated carbocycles. The van der Waals surface area contributed by atoms with Crippen LogP contribution >= 0.6 is 23.1 Å². The minimum atomic E-state index is -0.167. The van der Waals surface area contributed by atoms with E-state index in [0.717, 1.165) is 45.8 Å². The van der Waals surface area contributed by atoms with Gasteiger partial charge >= 0.3 is 0 Å². The van der Waals surface area contributed by atoms with Gasteiger partial charge in [-0.25, -0.2) is 4.68 Å². The number of ketones is 1. The zero-order valence-electron chi connectivity index (χ0n) is 15.5. The van der Waals surface area contributed by atoms with E-state index in [1.807, 2.05) is 10.7 Å². The number of benzene rings is 1. The highest BCUT2D eigenvalue weighted by molar-refractivity contribution is 7.98. The molecule has 0 spiro atoms. The summed E-state index contributed by atoms with van der Waals surface area (Å²) in [6.07, 6.45) is 2.40. The first-order valence-electron chi connectivity index (χ1n) is 9.40. The van der Waals surface area contributed by atoms with Crippen LogP contribution in [-0.4, -0.2) is 20.5 Å². The summed E-state index contributed by atoms with van der Waals surface area (Å²) >= 11 is 3.29. The summed E-state index contributed by atoms with van der Waals surface area (Å²) in [4.78, 5) is 18.6. The summed E-state index contributed by atoms with van der Waals surface area (Å²) in [5.41, 5.74) is 4.39. The smallest absolute Gasteiger partial charge is 0.227 e. The number of carbonyl (C=O) groups is 1. The van der Waals surface area contributed by atoms with Crippen molar-refractivity contribution in [2.45, 2.75) is 43.1 Å². The Morgan fingerprint density at radius 3 is 3.04 bits per heavy atom. The quantitative estimate of drug-likeness (QED) is 0.618. The number of thiophene rings is 1. The third-order valence-corrected chi connectivity index (χ3v) is 6.95. The molecular formula is C21H20N4OS2. The molecule has 0 saturated heterocycles. The van der Waals surface area contributed by atoms with Gasteiger partial charge in [-0.3, -0.25) is 4.79 Å². The van der Waals surface area contributed by atoms with Crippen molar-refractivity contribution in [2.75, 3.05) is 5.32 Å². The molecule has 7 heteroatoms. The first-order chi connectivity index (χ1) is 13.7. The molecule has 0 bridgehead atoms. The normalized spacial score (nSPS) is 18.6. The Labute approximate surface area is 171 Å². The van der Waals surface area contributed by atoms with Crippen molar-refractivity contribution in [1.29, 1.82) is 0 Å². The lowest BCUT2D eigenvalue weighted by molar-refractivity contribution is -0.116. The van der Waals surface area contributed by atoms with Gasteiger partial charge in [-0.1, -0.05) is 47.7 Å². The number of carbonyl (C=O) groups excluding carboxylic acids is 1. The van der Waals surface area contributed by atoms with Gasteiger partial charge < -0.3 is 5.32 Å². The Morgan fingerprint density at radius 2 is 2.21 bits per heavy atom. The average Bonchev–Trinajstić information content (AvgIpc) is 3.34. The second-order valence-corrected chi connectivity index (χ2v) is 9.07. The number of fused-ring (bicyclic) bond motifs is 1. The Hall–Kier alpha value is -2.38. The second-order valence-electron chi connectivity index (χ2n) is 7.15. The van der Waals surface area contributed by atoms with E-state index in [-0.39, 0.29) is 11.8 Å². The number of hydrogen-bond acceptors (Lipinski definition) is 6. The van der Waals surface area contributed by atoms with Crippen LogP contribution in [-0.2, 0) is 10.5 Å². The Kier molecular flexibility index (Phi) is 4.56. The fraction of sp³-hybridized carbons (Fsp3) is 0.286. The molecular weight excluding hydrogens is 388 g/mol. The van der Waals surface area contributed by atoms with E-state index in [4.69, 9.17) is 10.1 Å². The molecule has 1 aliphatic heterocycles. The number of nitrogens with zero attached hydrogens (tertiary/aromatic N) is 3. The lowest BCUT2D eigenvalue weighted by Crippen LogP contribution is -2.31. The van der Waals surface area contributed by atoms with E-state index in [1.54, 1.807) is 23.1 Å². The summed E-state index contributed by atoms with van der Waals surface area (Å²) in [6.45, 7) is 2.10. The summed E-state index contributed by atoms with van der Waals surface area (Å²) < 4.78 is 1.90. The van der Waals surface area contributed by atoms with Crippen LogP contribution in [0, 0.1) is 6.92 Å². The predicted molar refractivity (Wildman–Crippen MR) is 113 cm³/mol. The van der Waals surface area contributed by atoms with Crippen LogP contribution in [0.3, 0.4) is 0 Å². The minimum absolute atomic E-state index is 0.167. The maximum Gasteiger partial charge on any atom is 0.227 e. The maximum atomic E-state index is 12.7. The molecule has 3 heterocycles. The van der Waals surface area contributed by atoms with Crippen molar-refractivity contribution in [3.63, 3.8) is 0 Å². The van der Waals surface area contributed by atoms with Gasteiger partial charge in [0.05, 0.1) is 0 Å². The molecule has 142 valence electrons. The fourth-order valence-electron chi connectivity index (χ4n) is 3.86. The van der Waals surface area contributed by atoms with Gasteiger partial charge in [0, 0.05) is 28.3 Å². The van der Waals surface area contributed by atoms with E-state index in [9.17, 15) is 4.79 Å². The van der Waals surface area contributed by atoms with Crippen molar-refractivity contribution in [1.82, 2.24) is 14.8 Å². The van der Waals surface area contributed by atoms with Gasteiger partial charge in [0.15, 0.2) is 5.78 Å². The van der Waals surface area contributed by atoms with E-state index < -0.39 is 0 Å². The van der Waals surface area contributed by atoms with Gasteiger partial charge in [0.2, 0.25) is 11.1 Å². The highest BCUT2D eigenvalue weighted by Gasteiger charge is 2.37. The van der Waals surface area contributed by atoms with Gasteiger partial charge in [0.25, 0.3) is 0 Å². The van der Waals surface area contributed by atoms with E-state index >= 15 is 0 Å². The largest absolute Gasteiger partial charge is 0.328 e. The lowest BCUT2D eigenvalue weighted by atomic mass is 9.88. The van der Waals surface area contributed by atoms with E-state index in [1.165, 1.54) is 11.1 Å². The number of thioether (sulfide) groups is 1. The molecule has 1 atom stereocenters. The molecule has 28 heavy (non-hydrogen) atoms. The maximum absolute atomic E-state index is 12.7. The standard InChI is InChI=1S/C21H20N4OS2/c1-13-5-2-6-14(11-13)12-28-21-23-20-22-15-7-3-8-16(26)18(15)19(25(20)24-21)17-9-4-10-27-17/h2,4-6,9-11,19H,3,7-8,12H2,1H3,(H,22,23,24)/t19-/m0/s1. The average molecular weight is 409 g/mol. The van der Waals surface area contributed by atoms with Crippen molar-refractivity contribution in [3.8, 4) is 0 Å². The number of aryl methyl sites for hydroxylation is 1. The van der Waals surface area contributed by atoms with Crippen LogP contribution in [0.4, 0.5) is 5.95 Å². The minimum Gasteiger partial charge on any atom is -0.328 e. The highest BCUT2D eigenvalue weighted by atomic mass is 32.2. The lowest BCUT2D eigenvalue weighted by Gasteiger charge is -2.31. The number of Topliss-reactive ketones (excluding diaryl/α,β-unsaturated/α-hetero) is 1. The number of rotatable bonds is 4.